The van der Waals surface area contributed by atoms with Crippen LogP contribution in [0.2, 0.25) is 0 Å². The summed E-state index contributed by atoms with van der Waals surface area (Å²) in [6.45, 7) is 2.96. The quantitative estimate of drug-likeness (QED) is 0.822. The second kappa shape index (κ2) is 5.82. The van der Waals surface area contributed by atoms with Gasteiger partial charge in [0.2, 0.25) is 5.91 Å². The van der Waals surface area contributed by atoms with E-state index in [1.165, 1.54) is 12.8 Å². The van der Waals surface area contributed by atoms with Gasteiger partial charge < -0.3 is 10.6 Å². The number of benzene rings is 1. The first kappa shape index (κ1) is 12.1. The summed E-state index contributed by atoms with van der Waals surface area (Å²) in [5, 5.41) is 6.32. The predicted molar refractivity (Wildman–Crippen MR) is 70.1 cm³/mol. The summed E-state index contributed by atoms with van der Waals surface area (Å²) < 4.78 is 0. The molecule has 1 saturated heterocycles. The molecule has 1 amide bonds. The first-order valence-corrected chi connectivity index (χ1v) is 6.37. The number of carbonyl (C=O) groups excluding carboxylic acids is 1. The lowest BCUT2D eigenvalue weighted by molar-refractivity contribution is -0.118. The molecule has 1 fully saturated rings. The first-order valence-electron chi connectivity index (χ1n) is 6.37. The van der Waals surface area contributed by atoms with Gasteiger partial charge in [-0.1, -0.05) is 31.0 Å². The lowest BCUT2D eigenvalue weighted by atomic mass is 10.1. The molecule has 0 radical (unpaired) electrons. The summed E-state index contributed by atoms with van der Waals surface area (Å²) in [6.07, 6.45) is 4.48. The summed E-state index contributed by atoms with van der Waals surface area (Å²) in [6, 6.07) is 7.86. The number of carbonyl (C=O) groups is 1. The molecule has 0 saturated carbocycles. The number of anilines is 1. The maximum Gasteiger partial charge on any atom is 0.241 e. The van der Waals surface area contributed by atoms with Crippen LogP contribution in [-0.4, -0.2) is 18.5 Å². The maximum absolute atomic E-state index is 12.1. The van der Waals surface area contributed by atoms with Crippen LogP contribution >= 0.6 is 0 Å². The summed E-state index contributed by atoms with van der Waals surface area (Å²) in [5.41, 5.74) is 2.03. The number of para-hydroxylation sites is 1. The Hall–Kier alpha value is -1.35. The van der Waals surface area contributed by atoms with E-state index in [4.69, 9.17) is 0 Å². The van der Waals surface area contributed by atoms with E-state index in [2.05, 4.69) is 10.6 Å². The average molecular weight is 232 g/mol. The van der Waals surface area contributed by atoms with Crippen molar-refractivity contribution in [2.45, 2.75) is 38.6 Å². The van der Waals surface area contributed by atoms with E-state index in [1.807, 2.05) is 31.2 Å². The Morgan fingerprint density at radius 2 is 2.12 bits per heavy atom. The second-order valence-corrected chi connectivity index (χ2v) is 4.66. The van der Waals surface area contributed by atoms with Gasteiger partial charge in [-0.3, -0.25) is 4.79 Å². The highest BCUT2D eigenvalue weighted by Gasteiger charge is 2.19. The Morgan fingerprint density at radius 3 is 2.94 bits per heavy atom. The number of nitrogens with one attached hydrogen (secondary N) is 2. The van der Waals surface area contributed by atoms with Gasteiger partial charge in [-0.25, -0.2) is 0 Å². The number of hydrogen-bond acceptors (Lipinski definition) is 2. The molecule has 92 valence electrons. The molecule has 3 heteroatoms. The van der Waals surface area contributed by atoms with E-state index < -0.39 is 0 Å². The fourth-order valence-corrected chi connectivity index (χ4v) is 2.19. The van der Waals surface area contributed by atoms with Crippen molar-refractivity contribution in [2.75, 3.05) is 11.9 Å². The molecule has 2 rings (SSSR count). The zero-order valence-corrected chi connectivity index (χ0v) is 10.3. The summed E-state index contributed by atoms with van der Waals surface area (Å²) in [7, 11) is 0. The number of rotatable bonds is 2. The monoisotopic (exact) mass is 232 g/mol. The Labute approximate surface area is 103 Å². The van der Waals surface area contributed by atoms with Crippen LogP contribution in [0.25, 0.3) is 0 Å². The van der Waals surface area contributed by atoms with Crippen LogP contribution in [0.4, 0.5) is 5.69 Å². The molecular formula is C14H20N2O. The van der Waals surface area contributed by atoms with Crippen LogP contribution in [0, 0.1) is 6.92 Å². The van der Waals surface area contributed by atoms with E-state index in [0.717, 1.165) is 30.6 Å². The Balaban J connectivity index is 1.98. The molecule has 0 aromatic heterocycles. The standard InChI is InChI=1S/C14H20N2O/c1-11-7-4-5-8-12(11)16-14(17)13-9-3-2-6-10-15-13/h4-5,7-8,13,15H,2-3,6,9-10H2,1H3,(H,16,17). The van der Waals surface area contributed by atoms with Gasteiger partial charge in [-0.15, -0.1) is 0 Å². The highest BCUT2D eigenvalue weighted by atomic mass is 16.2. The second-order valence-electron chi connectivity index (χ2n) is 4.66. The van der Waals surface area contributed by atoms with Gasteiger partial charge in [0.05, 0.1) is 6.04 Å². The minimum absolute atomic E-state index is 0.0305. The number of hydrogen-bond donors (Lipinski definition) is 2. The van der Waals surface area contributed by atoms with E-state index in [1.54, 1.807) is 0 Å². The molecule has 3 nitrogen and oxygen atoms in total. The van der Waals surface area contributed by atoms with Crippen molar-refractivity contribution in [2.24, 2.45) is 0 Å². The van der Waals surface area contributed by atoms with Crippen LogP contribution in [-0.2, 0) is 4.79 Å². The average Bonchev–Trinajstić information content (AvgIpc) is 2.61. The molecule has 1 unspecified atom stereocenters. The van der Waals surface area contributed by atoms with E-state index in [-0.39, 0.29) is 11.9 Å². The molecule has 1 atom stereocenters. The van der Waals surface area contributed by atoms with Crippen molar-refractivity contribution in [1.29, 1.82) is 0 Å². The molecule has 1 aliphatic rings. The fourth-order valence-electron chi connectivity index (χ4n) is 2.19. The Bertz CT molecular complexity index is 382. The molecule has 2 N–H and O–H groups in total. The highest BCUT2D eigenvalue weighted by molar-refractivity contribution is 5.95. The predicted octanol–water partition coefficient (Wildman–Crippen LogP) is 2.47. The molecule has 1 heterocycles. The van der Waals surface area contributed by atoms with Crippen molar-refractivity contribution in [3.8, 4) is 0 Å². The molecule has 0 aliphatic carbocycles. The smallest absolute Gasteiger partial charge is 0.241 e. The van der Waals surface area contributed by atoms with E-state index >= 15 is 0 Å². The van der Waals surface area contributed by atoms with Crippen LogP contribution in [0.5, 0.6) is 0 Å². The van der Waals surface area contributed by atoms with Gasteiger partial charge in [-0.2, -0.15) is 0 Å². The highest BCUT2D eigenvalue weighted by Crippen LogP contribution is 2.15. The normalized spacial score (nSPS) is 20.6. The van der Waals surface area contributed by atoms with Crippen molar-refractivity contribution >= 4 is 11.6 Å². The SMILES string of the molecule is Cc1ccccc1NC(=O)C1CCCCCN1. The number of aryl methyl sites for hydroxylation is 1. The summed E-state index contributed by atoms with van der Waals surface area (Å²) in [4.78, 5) is 12.1. The Morgan fingerprint density at radius 1 is 1.29 bits per heavy atom. The fraction of sp³-hybridized carbons (Fsp3) is 0.500. The lowest BCUT2D eigenvalue weighted by Gasteiger charge is -2.16. The summed E-state index contributed by atoms with van der Waals surface area (Å²) in [5.74, 6) is 0.0983. The van der Waals surface area contributed by atoms with Crippen LogP contribution in [0.3, 0.4) is 0 Å². The van der Waals surface area contributed by atoms with E-state index in [9.17, 15) is 4.79 Å². The van der Waals surface area contributed by atoms with Gasteiger partial charge in [0.15, 0.2) is 0 Å². The van der Waals surface area contributed by atoms with E-state index in [0.29, 0.717) is 0 Å². The zero-order chi connectivity index (χ0) is 12.1. The molecule has 0 spiro atoms. The Kier molecular flexibility index (Phi) is 4.15. The molecule has 0 bridgehead atoms. The molecule has 17 heavy (non-hydrogen) atoms. The van der Waals surface area contributed by atoms with Crippen LogP contribution in [0.1, 0.15) is 31.2 Å². The lowest BCUT2D eigenvalue weighted by Crippen LogP contribution is -2.39. The zero-order valence-electron chi connectivity index (χ0n) is 10.3. The minimum atomic E-state index is -0.0305. The van der Waals surface area contributed by atoms with Crippen molar-refractivity contribution < 1.29 is 4.79 Å². The van der Waals surface area contributed by atoms with Gasteiger partial charge in [0.1, 0.15) is 0 Å². The van der Waals surface area contributed by atoms with Crippen molar-refractivity contribution in [1.82, 2.24) is 5.32 Å². The summed E-state index contributed by atoms with van der Waals surface area (Å²) >= 11 is 0. The number of amides is 1. The molecule has 1 aliphatic heterocycles. The third-order valence-electron chi connectivity index (χ3n) is 3.28. The first-order chi connectivity index (χ1) is 8.27. The van der Waals surface area contributed by atoms with Crippen molar-refractivity contribution in [3.63, 3.8) is 0 Å². The minimum Gasteiger partial charge on any atom is -0.324 e. The van der Waals surface area contributed by atoms with Crippen LogP contribution in [0.15, 0.2) is 24.3 Å². The maximum atomic E-state index is 12.1. The molecule has 1 aromatic carbocycles. The largest absolute Gasteiger partial charge is 0.324 e. The van der Waals surface area contributed by atoms with Crippen molar-refractivity contribution in [3.05, 3.63) is 29.8 Å². The molecular weight excluding hydrogens is 212 g/mol. The van der Waals surface area contributed by atoms with Gasteiger partial charge in [0, 0.05) is 5.69 Å². The van der Waals surface area contributed by atoms with Gasteiger partial charge in [-0.05, 0) is 37.9 Å². The third-order valence-corrected chi connectivity index (χ3v) is 3.28. The third kappa shape index (κ3) is 3.30. The molecule has 1 aromatic rings. The van der Waals surface area contributed by atoms with Crippen LogP contribution < -0.4 is 10.6 Å². The van der Waals surface area contributed by atoms with Gasteiger partial charge in [0.25, 0.3) is 0 Å². The topological polar surface area (TPSA) is 41.1 Å². The van der Waals surface area contributed by atoms with Gasteiger partial charge >= 0.3 is 0 Å².